The minimum absolute atomic E-state index is 0.145. The van der Waals surface area contributed by atoms with E-state index in [9.17, 15) is 4.79 Å². The Morgan fingerprint density at radius 1 is 1.22 bits per heavy atom. The first-order valence-electron chi connectivity index (χ1n) is 10.6. The lowest BCUT2D eigenvalue weighted by atomic mass is 10.1. The van der Waals surface area contributed by atoms with Crippen molar-refractivity contribution < 1.29 is 4.79 Å². The Kier molecular flexibility index (Phi) is 5.82. The zero-order valence-corrected chi connectivity index (χ0v) is 19.4. The number of piperazine rings is 1. The molecule has 1 fully saturated rings. The Balaban J connectivity index is 1.30. The lowest BCUT2D eigenvalue weighted by Crippen LogP contribution is -2.52. The molecule has 32 heavy (non-hydrogen) atoms. The number of fused-ring (bicyclic) bond motifs is 2. The maximum absolute atomic E-state index is 11.9. The Morgan fingerprint density at radius 3 is 2.91 bits per heavy atom. The number of aryl methyl sites for hydroxylation is 1. The molecule has 0 bridgehead atoms. The first-order valence-corrected chi connectivity index (χ1v) is 11.8. The molecule has 0 spiro atoms. The number of aldehydes is 1. The predicted octanol–water partition coefficient (Wildman–Crippen LogP) is 4.27. The van der Waals surface area contributed by atoms with Crippen molar-refractivity contribution in [1.29, 1.82) is 0 Å². The van der Waals surface area contributed by atoms with E-state index < -0.39 is 0 Å². The molecule has 2 aromatic carbocycles. The Morgan fingerprint density at radius 2 is 2.09 bits per heavy atom. The quantitative estimate of drug-likeness (QED) is 0.443. The fourth-order valence-electron chi connectivity index (χ4n) is 4.49. The molecule has 3 heterocycles. The summed E-state index contributed by atoms with van der Waals surface area (Å²) in [6.07, 6.45) is 2.56. The third kappa shape index (κ3) is 3.97. The van der Waals surface area contributed by atoms with Gasteiger partial charge >= 0.3 is 0 Å². The Hall–Kier alpha value is -2.58. The van der Waals surface area contributed by atoms with E-state index in [4.69, 9.17) is 17.3 Å². The minimum atomic E-state index is -0.145. The van der Waals surface area contributed by atoms with Crippen LogP contribution in [0, 0.1) is 6.92 Å². The van der Waals surface area contributed by atoms with E-state index in [1.165, 1.54) is 21.5 Å². The molecule has 2 N–H and O–H groups in total. The molecule has 4 aromatic rings. The molecule has 1 aliphatic rings. The smallest absolute Gasteiger partial charge is 0.138 e. The number of benzene rings is 2. The van der Waals surface area contributed by atoms with E-state index in [1.54, 1.807) is 11.3 Å². The van der Waals surface area contributed by atoms with Gasteiger partial charge in [-0.3, -0.25) is 9.80 Å². The summed E-state index contributed by atoms with van der Waals surface area (Å²) in [5.74, 6) is 0.485. The van der Waals surface area contributed by atoms with E-state index >= 15 is 0 Å². The van der Waals surface area contributed by atoms with Crippen LogP contribution >= 0.6 is 22.9 Å². The number of nitrogens with two attached hydrogens (primary N) is 1. The maximum atomic E-state index is 11.9. The summed E-state index contributed by atoms with van der Waals surface area (Å²) in [5.41, 5.74) is 9.13. The summed E-state index contributed by atoms with van der Waals surface area (Å²) in [4.78, 5) is 26.2. The summed E-state index contributed by atoms with van der Waals surface area (Å²) in [5, 5.41) is 2.81. The molecular weight excluding hydrogens is 442 g/mol. The Labute approximate surface area is 195 Å². The number of thiophene rings is 1. The second-order valence-corrected chi connectivity index (χ2v) is 9.83. The monoisotopic (exact) mass is 465 g/mol. The molecule has 1 saturated heterocycles. The van der Waals surface area contributed by atoms with Gasteiger partial charge in [-0.25, -0.2) is 9.97 Å². The zero-order valence-electron chi connectivity index (χ0n) is 17.8. The number of hydrogen-bond acceptors (Lipinski definition) is 7. The van der Waals surface area contributed by atoms with Gasteiger partial charge in [0.1, 0.15) is 18.4 Å². The number of hydrogen-bond donors (Lipinski definition) is 1. The second-order valence-electron chi connectivity index (χ2n) is 8.28. The molecule has 0 aliphatic carbocycles. The van der Waals surface area contributed by atoms with Crippen LogP contribution < -0.4 is 5.73 Å². The molecule has 5 rings (SSSR count). The molecule has 2 aromatic heterocycles. The van der Waals surface area contributed by atoms with Crippen molar-refractivity contribution in [1.82, 2.24) is 19.8 Å². The first kappa shape index (κ1) is 21.3. The number of rotatable bonds is 5. The van der Waals surface area contributed by atoms with Crippen molar-refractivity contribution >= 4 is 56.0 Å². The molecule has 0 radical (unpaired) electrons. The standard InChI is InChI=1S/C24H24ClN5OS/c1-15-22(32-21-4-2-3-19(25)23(15)21)12-29-7-8-30(17(11-29)13-31)10-16-5-6-18-20(9-16)27-14-28-24(18)26/h2-6,9,13-14,17H,7-8,10-12H2,1H3,(H2,26,27,28). The van der Waals surface area contributed by atoms with Gasteiger partial charge in [-0.2, -0.15) is 0 Å². The molecule has 0 amide bonds. The molecule has 1 aliphatic heterocycles. The van der Waals surface area contributed by atoms with E-state index in [0.29, 0.717) is 18.9 Å². The van der Waals surface area contributed by atoms with Gasteiger partial charge in [0, 0.05) is 58.1 Å². The highest BCUT2D eigenvalue weighted by molar-refractivity contribution is 7.19. The lowest BCUT2D eigenvalue weighted by Gasteiger charge is -2.39. The van der Waals surface area contributed by atoms with Gasteiger partial charge in [-0.05, 0) is 42.3 Å². The number of anilines is 1. The normalized spacial score (nSPS) is 17.9. The predicted molar refractivity (Wildman–Crippen MR) is 131 cm³/mol. The third-order valence-corrected chi connectivity index (χ3v) is 7.82. The van der Waals surface area contributed by atoms with Crippen LogP contribution in [0.3, 0.4) is 0 Å². The van der Waals surface area contributed by atoms with Gasteiger partial charge in [-0.15, -0.1) is 11.3 Å². The average Bonchev–Trinajstić information content (AvgIpc) is 3.11. The highest BCUT2D eigenvalue weighted by atomic mass is 35.5. The van der Waals surface area contributed by atoms with Crippen molar-refractivity contribution in [3.8, 4) is 0 Å². The van der Waals surface area contributed by atoms with Crippen molar-refractivity contribution in [2.45, 2.75) is 26.1 Å². The number of aromatic nitrogens is 2. The summed E-state index contributed by atoms with van der Waals surface area (Å²) < 4.78 is 1.22. The number of nitrogens with zero attached hydrogens (tertiary/aromatic N) is 4. The van der Waals surface area contributed by atoms with Crippen molar-refractivity contribution in [2.24, 2.45) is 0 Å². The van der Waals surface area contributed by atoms with E-state index in [1.807, 2.05) is 30.3 Å². The topological polar surface area (TPSA) is 75.3 Å². The molecule has 8 heteroatoms. The van der Waals surface area contributed by atoms with Gasteiger partial charge in [0.05, 0.1) is 11.6 Å². The van der Waals surface area contributed by atoms with E-state index in [0.717, 1.165) is 52.8 Å². The van der Waals surface area contributed by atoms with Crippen molar-refractivity contribution in [3.63, 3.8) is 0 Å². The second kappa shape index (κ2) is 8.75. The summed E-state index contributed by atoms with van der Waals surface area (Å²) in [6, 6.07) is 12.0. The van der Waals surface area contributed by atoms with Crippen LogP contribution in [0.15, 0.2) is 42.7 Å². The van der Waals surface area contributed by atoms with Gasteiger partial charge in [0.15, 0.2) is 0 Å². The number of carbonyl (C=O) groups excluding carboxylic acids is 1. The molecule has 0 saturated carbocycles. The number of nitrogen functional groups attached to an aromatic ring is 1. The molecule has 164 valence electrons. The first-order chi connectivity index (χ1) is 15.5. The van der Waals surface area contributed by atoms with Crippen molar-refractivity contribution in [2.75, 3.05) is 25.4 Å². The van der Waals surface area contributed by atoms with Gasteiger partial charge in [0.25, 0.3) is 0 Å². The molecular formula is C24H24ClN5OS. The highest BCUT2D eigenvalue weighted by Gasteiger charge is 2.27. The van der Waals surface area contributed by atoms with Crippen LogP contribution in [0.1, 0.15) is 16.0 Å². The van der Waals surface area contributed by atoms with Crippen LogP contribution in [0.4, 0.5) is 5.82 Å². The van der Waals surface area contributed by atoms with E-state index in [-0.39, 0.29) is 6.04 Å². The minimum Gasteiger partial charge on any atom is -0.383 e. The van der Waals surface area contributed by atoms with Crippen LogP contribution in [0.5, 0.6) is 0 Å². The summed E-state index contributed by atoms with van der Waals surface area (Å²) in [6.45, 7) is 6.14. The number of carbonyl (C=O) groups is 1. The highest BCUT2D eigenvalue weighted by Crippen LogP contribution is 2.36. The third-order valence-electron chi connectivity index (χ3n) is 6.26. The SMILES string of the molecule is Cc1c(CN2CCN(Cc3ccc4c(N)ncnc4c3)C(C=O)C2)sc2cccc(Cl)c12. The van der Waals surface area contributed by atoms with Crippen molar-refractivity contribution in [3.05, 3.63) is 63.8 Å². The number of halogens is 1. The Bertz CT molecular complexity index is 1310. The fourth-order valence-corrected chi connectivity index (χ4v) is 6.14. The van der Waals surface area contributed by atoms with Crippen LogP contribution in [-0.2, 0) is 17.9 Å². The summed E-state index contributed by atoms with van der Waals surface area (Å²) in [7, 11) is 0. The lowest BCUT2D eigenvalue weighted by molar-refractivity contribution is -0.115. The van der Waals surface area contributed by atoms with E-state index in [2.05, 4.69) is 32.8 Å². The fraction of sp³-hybridized carbons (Fsp3) is 0.292. The zero-order chi connectivity index (χ0) is 22.2. The molecule has 1 atom stereocenters. The van der Waals surface area contributed by atoms with Crippen LogP contribution in [-0.4, -0.2) is 51.7 Å². The maximum Gasteiger partial charge on any atom is 0.138 e. The van der Waals surface area contributed by atoms with Crippen LogP contribution in [0.25, 0.3) is 21.0 Å². The van der Waals surface area contributed by atoms with Gasteiger partial charge in [-0.1, -0.05) is 23.7 Å². The van der Waals surface area contributed by atoms with Crippen LogP contribution in [0.2, 0.25) is 5.02 Å². The largest absolute Gasteiger partial charge is 0.383 e. The average molecular weight is 466 g/mol. The van der Waals surface area contributed by atoms with Gasteiger partial charge in [0.2, 0.25) is 0 Å². The summed E-state index contributed by atoms with van der Waals surface area (Å²) >= 11 is 8.23. The molecule has 1 unspecified atom stereocenters. The molecule has 6 nitrogen and oxygen atoms in total. The van der Waals surface area contributed by atoms with Gasteiger partial charge < -0.3 is 10.5 Å².